The number of nitrogens with zero attached hydrogens (tertiary/aromatic N) is 1. The van der Waals surface area contributed by atoms with Crippen molar-refractivity contribution in [3.63, 3.8) is 0 Å². The van der Waals surface area contributed by atoms with E-state index in [-0.39, 0.29) is 5.82 Å². The number of hydrogen-bond acceptors (Lipinski definition) is 2. The van der Waals surface area contributed by atoms with Crippen LogP contribution < -0.4 is 0 Å². The molecule has 0 bridgehead atoms. The fourth-order valence-corrected chi connectivity index (χ4v) is 2.17. The van der Waals surface area contributed by atoms with E-state index in [1.54, 1.807) is 7.11 Å². The van der Waals surface area contributed by atoms with E-state index in [2.05, 4.69) is 20.8 Å². The minimum atomic E-state index is -0.205. The quantitative estimate of drug-likeness (QED) is 0.839. The van der Waals surface area contributed by atoms with Crippen LogP contribution in [0, 0.1) is 5.82 Å². The predicted octanol–water partition coefficient (Wildman–Crippen LogP) is 2.42. The van der Waals surface area contributed by atoms with Gasteiger partial charge < -0.3 is 4.74 Å². The van der Waals surface area contributed by atoms with Crippen LogP contribution in [0.4, 0.5) is 4.39 Å². The Kier molecular flexibility index (Phi) is 3.38. The fraction of sp³-hybridized carbons (Fsp3) is 0.455. The number of benzene rings is 1. The smallest absolute Gasteiger partial charge is 0.124 e. The summed E-state index contributed by atoms with van der Waals surface area (Å²) >= 11 is 3.36. The van der Waals surface area contributed by atoms with Gasteiger partial charge in [-0.2, -0.15) is 0 Å². The predicted molar refractivity (Wildman–Crippen MR) is 60.2 cm³/mol. The fourth-order valence-electron chi connectivity index (χ4n) is 1.69. The van der Waals surface area contributed by atoms with Crippen molar-refractivity contribution in [1.82, 2.24) is 4.90 Å². The number of rotatable bonds is 3. The molecule has 0 saturated carbocycles. The lowest BCUT2D eigenvalue weighted by molar-refractivity contribution is -0.0334. The molecule has 0 amide bonds. The molecule has 1 saturated heterocycles. The van der Waals surface area contributed by atoms with Gasteiger partial charge in [0.05, 0.1) is 6.10 Å². The van der Waals surface area contributed by atoms with Crippen LogP contribution >= 0.6 is 15.9 Å². The molecule has 0 aromatic heterocycles. The average molecular weight is 274 g/mol. The van der Waals surface area contributed by atoms with Gasteiger partial charge in [0.15, 0.2) is 0 Å². The molecular weight excluding hydrogens is 261 g/mol. The van der Waals surface area contributed by atoms with E-state index in [1.807, 2.05) is 6.07 Å². The second kappa shape index (κ2) is 4.60. The van der Waals surface area contributed by atoms with Crippen LogP contribution in [0.1, 0.15) is 5.56 Å². The topological polar surface area (TPSA) is 12.5 Å². The van der Waals surface area contributed by atoms with Crippen molar-refractivity contribution in [2.75, 3.05) is 20.2 Å². The van der Waals surface area contributed by atoms with Gasteiger partial charge in [-0.25, -0.2) is 4.39 Å². The van der Waals surface area contributed by atoms with Crippen LogP contribution in [0.2, 0.25) is 0 Å². The van der Waals surface area contributed by atoms with Crippen molar-refractivity contribution < 1.29 is 9.13 Å². The molecule has 0 atom stereocenters. The maximum Gasteiger partial charge on any atom is 0.124 e. The standard InChI is InChI=1S/C11H13BrFNO/c1-15-10-6-14(7-10)5-8-2-3-9(13)4-11(8)12/h2-4,10H,5-7H2,1H3. The third kappa shape index (κ3) is 2.56. The first-order valence-corrected chi connectivity index (χ1v) is 5.67. The highest BCUT2D eigenvalue weighted by Crippen LogP contribution is 2.22. The largest absolute Gasteiger partial charge is 0.379 e. The van der Waals surface area contributed by atoms with Crippen molar-refractivity contribution in [3.8, 4) is 0 Å². The van der Waals surface area contributed by atoms with Crippen LogP contribution in [-0.4, -0.2) is 31.2 Å². The normalized spacial score (nSPS) is 17.8. The molecule has 0 N–H and O–H groups in total. The number of halogens is 2. The van der Waals surface area contributed by atoms with Gasteiger partial charge in [0.25, 0.3) is 0 Å². The molecule has 1 aromatic rings. The zero-order valence-corrected chi connectivity index (χ0v) is 10.1. The average Bonchev–Trinajstić information content (AvgIpc) is 2.13. The Labute approximate surface area is 97.2 Å². The Hall–Kier alpha value is -0.450. The number of ether oxygens (including phenoxy) is 1. The first kappa shape index (κ1) is 11.0. The molecule has 0 radical (unpaired) electrons. The molecule has 1 aliphatic heterocycles. The molecule has 4 heteroatoms. The van der Waals surface area contributed by atoms with Crippen molar-refractivity contribution in [3.05, 3.63) is 34.1 Å². The van der Waals surface area contributed by atoms with Gasteiger partial charge in [-0.3, -0.25) is 4.90 Å². The lowest BCUT2D eigenvalue weighted by Crippen LogP contribution is -2.50. The Morgan fingerprint density at radius 2 is 2.27 bits per heavy atom. The van der Waals surface area contributed by atoms with E-state index in [0.717, 1.165) is 29.7 Å². The van der Waals surface area contributed by atoms with E-state index in [0.29, 0.717) is 6.10 Å². The van der Waals surface area contributed by atoms with Gasteiger partial charge in [0.1, 0.15) is 5.82 Å². The number of likely N-dealkylation sites (tertiary alicyclic amines) is 1. The summed E-state index contributed by atoms with van der Waals surface area (Å²) in [5.41, 5.74) is 1.12. The zero-order chi connectivity index (χ0) is 10.8. The molecular formula is C11H13BrFNO. The summed E-state index contributed by atoms with van der Waals surface area (Å²) in [6.45, 7) is 2.77. The minimum Gasteiger partial charge on any atom is -0.379 e. The molecule has 1 aliphatic rings. The van der Waals surface area contributed by atoms with Crippen molar-refractivity contribution in [2.45, 2.75) is 12.6 Å². The Balaban J connectivity index is 1.94. The molecule has 1 heterocycles. The highest BCUT2D eigenvalue weighted by molar-refractivity contribution is 9.10. The zero-order valence-electron chi connectivity index (χ0n) is 8.54. The van der Waals surface area contributed by atoms with E-state index >= 15 is 0 Å². The van der Waals surface area contributed by atoms with Crippen LogP contribution in [-0.2, 0) is 11.3 Å². The van der Waals surface area contributed by atoms with E-state index in [9.17, 15) is 4.39 Å². The van der Waals surface area contributed by atoms with E-state index in [1.165, 1.54) is 12.1 Å². The molecule has 2 nitrogen and oxygen atoms in total. The van der Waals surface area contributed by atoms with E-state index in [4.69, 9.17) is 4.74 Å². The SMILES string of the molecule is COC1CN(Cc2ccc(F)cc2Br)C1. The van der Waals surface area contributed by atoms with E-state index < -0.39 is 0 Å². The second-order valence-corrected chi connectivity index (χ2v) is 4.64. The highest BCUT2D eigenvalue weighted by atomic mass is 79.9. The maximum atomic E-state index is 12.8. The lowest BCUT2D eigenvalue weighted by atomic mass is 10.1. The molecule has 2 rings (SSSR count). The molecule has 0 unspecified atom stereocenters. The lowest BCUT2D eigenvalue weighted by Gasteiger charge is -2.38. The minimum absolute atomic E-state index is 0.205. The summed E-state index contributed by atoms with van der Waals surface area (Å²) in [7, 11) is 1.73. The summed E-state index contributed by atoms with van der Waals surface area (Å²) in [6.07, 6.45) is 0.365. The first-order valence-electron chi connectivity index (χ1n) is 4.88. The molecule has 0 spiro atoms. The van der Waals surface area contributed by atoms with Gasteiger partial charge in [-0.1, -0.05) is 22.0 Å². The van der Waals surface area contributed by atoms with Gasteiger partial charge in [-0.15, -0.1) is 0 Å². The molecule has 1 fully saturated rings. The second-order valence-electron chi connectivity index (χ2n) is 3.79. The van der Waals surface area contributed by atoms with Gasteiger partial charge in [-0.05, 0) is 17.7 Å². The van der Waals surface area contributed by atoms with Crippen LogP contribution in [0.15, 0.2) is 22.7 Å². The Bertz CT molecular complexity index is 352. The van der Waals surface area contributed by atoms with Crippen LogP contribution in [0.5, 0.6) is 0 Å². The summed E-state index contributed by atoms with van der Waals surface area (Å²) in [5.74, 6) is -0.205. The summed E-state index contributed by atoms with van der Waals surface area (Å²) in [4.78, 5) is 2.27. The third-order valence-electron chi connectivity index (χ3n) is 2.67. The third-order valence-corrected chi connectivity index (χ3v) is 3.40. The van der Waals surface area contributed by atoms with Gasteiger partial charge in [0.2, 0.25) is 0 Å². The summed E-state index contributed by atoms with van der Waals surface area (Å²) < 4.78 is 18.9. The summed E-state index contributed by atoms with van der Waals surface area (Å²) in [6, 6.07) is 4.82. The number of hydrogen-bond donors (Lipinski definition) is 0. The first-order chi connectivity index (χ1) is 7.19. The Morgan fingerprint density at radius 1 is 1.53 bits per heavy atom. The van der Waals surface area contributed by atoms with Gasteiger partial charge >= 0.3 is 0 Å². The molecule has 15 heavy (non-hydrogen) atoms. The van der Waals surface area contributed by atoms with Crippen molar-refractivity contribution >= 4 is 15.9 Å². The van der Waals surface area contributed by atoms with Crippen LogP contribution in [0.25, 0.3) is 0 Å². The molecule has 82 valence electrons. The monoisotopic (exact) mass is 273 g/mol. The van der Waals surface area contributed by atoms with Gasteiger partial charge in [0, 0.05) is 31.2 Å². The highest BCUT2D eigenvalue weighted by Gasteiger charge is 2.26. The molecule has 0 aliphatic carbocycles. The van der Waals surface area contributed by atoms with Crippen molar-refractivity contribution in [1.29, 1.82) is 0 Å². The van der Waals surface area contributed by atoms with Crippen LogP contribution in [0.3, 0.4) is 0 Å². The Morgan fingerprint density at radius 3 is 2.87 bits per heavy atom. The molecule has 1 aromatic carbocycles. The summed E-state index contributed by atoms with van der Waals surface area (Å²) in [5, 5.41) is 0. The number of methoxy groups -OCH3 is 1. The van der Waals surface area contributed by atoms with Crippen molar-refractivity contribution in [2.24, 2.45) is 0 Å². The maximum absolute atomic E-state index is 12.8.